The highest BCUT2D eigenvalue weighted by atomic mass is 35.5. The van der Waals surface area contributed by atoms with Gasteiger partial charge < -0.3 is 5.32 Å². The lowest BCUT2D eigenvalue weighted by Gasteiger charge is -2.57. The molecule has 182 valence electrons. The van der Waals surface area contributed by atoms with Crippen molar-refractivity contribution in [3.63, 3.8) is 0 Å². The minimum atomic E-state index is -3.53. The third kappa shape index (κ3) is 4.45. The summed E-state index contributed by atoms with van der Waals surface area (Å²) in [5, 5.41) is 4.56. The molecule has 2 heterocycles. The SMILES string of the molecule is O=S(=O)(Cc1cc(Cl)cc(Cl)c1)N1CCc2c(ncnc2NCC23CC4CC(CC(C4)C2)C3)C1. The molecule has 0 amide bonds. The zero-order valence-corrected chi connectivity index (χ0v) is 21.5. The van der Waals surface area contributed by atoms with Gasteiger partial charge in [-0.05, 0) is 91.9 Å². The smallest absolute Gasteiger partial charge is 0.218 e. The second kappa shape index (κ2) is 8.61. The molecule has 5 aliphatic rings. The van der Waals surface area contributed by atoms with E-state index < -0.39 is 10.0 Å². The highest BCUT2D eigenvalue weighted by Crippen LogP contribution is 2.60. The van der Waals surface area contributed by atoms with Crippen molar-refractivity contribution in [1.29, 1.82) is 0 Å². The van der Waals surface area contributed by atoms with Crippen LogP contribution in [-0.4, -0.2) is 35.8 Å². The van der Waals surface area contributed by atoms with E-state index in [0.29, 0.717) is 34.0 Å². The normalized spacial score (nSPS) is 30.4. The van der Waals surface area contributed by atoms with Crippen LogP contribution in [0.15, 0.2) is 24.5 Å². The lowest BCUT2D eigenvalue weighted by Crippen LogP contribution is -2.49. The fourth-order valence-electron chi connectivity index (χ4n) is 7.49. The van der Waals surface area contributed by atoms with Gasteiger partial charge in [0, 0.05) is 28.7 Å². The van der Waals surface area contributed by atoms with Gasteiger partial charge >= 0.3 is 0 Å². The van der Waals surface area contributed by atoms with Crippen LogP contribution in [0.4, 0.5) is 5.82 Å². The van der Waals surface area contributed by atoms with Crippen LogP contribution in [0.3, 0.4) is 0 Å². The van der Waals surface area contributed by atoms with E-state index in [1.165, 1.54) is 42.8 Å². The van der Waals surface area contributed by atoms with Crippen LogP contribution in [-0.2, 0) is 28.7 Å². The van der Waals surface area contributed by atoms with E-state index >= 15 is 0 Å². The Hall–Kier alpha value is -1.41. The van der Waals surface area contributed by atoms with Crippen molar-refractivity contribution in [3.05, 3.63) is 51.4 Å². The Bertz CT molecular complexity index is 1160. The number of rotatable bonds is 6. The first-order valence-corrected chi connectivity index (χ1v) is 14.6. The summed E-state index contributed by atoms with van der Waals surface area (Å²) in [4.78, 5) is 9.02. The van der Waals surface area contributed by atoms with Crippen molar-refractivity contribution in [2.45, 2.75) is 57.2 Å². The molecule has 2 aromatic rings. The molecule has 1 aromatic carbocycles. The number of nitrogens with zero attached hydrogens (tertiary/aromatic N) is 3. The predicted octanol–water partition coefficient (Wildman–Crippen LogP) is 5.30. The topological polar surface area (TPSA) is 75.2 Å². The summed E-state index contributed by atoms with van der Waals surface area (Å²) in [5.74, 6) is 3.51. The molecule has 4 bridgehead atoms. The average Bonchev–Trinajstić information content (AvgIpc) is 2.75. The Morgan fingerprint density at radius 1 is 1.00 bits per heavy atom. The van der Waals surface area contributed by atoms with Gasteiger partial charge in [-0.15, -0.1) is 0 Å². The molecular weight excluding hydrogens is 491 g/mol. The van der Waals surface area contributed by atoms with Crippen molar-refractivity contribution in [1.82, 2.24) is 14.3 Å². The van der Waals surface area contributed by atoms with E-state index in [0.717, 1.165) is 41.4 Å². The van der Waals surface area contributed by atoms with Gasteiger partial charge in [-0.2, -0.15) is 4.31 Å². The summed E-state index contributed by atoms with van der Waals surface area (Å²) in [7, 11) is -3.53. The molecule has 1 aromatic heterocycles. The Morgan fingerprint density at radius 3 is 2.29 bits per heavy atom. The van der Waals surface area contributed by atoms with Crippen molar-refractivity contribution in [2.24, 2.45) is 23.2 Å². The molecule has 1 N–H and O–H groups in total. The number of fused-ring (bicyclic) bond motifs is 1. The number of hydrogen-bond acceptors (Lipinski definition) is 5. The Labute approximate surface area is 211 Å². The molecule has 0 radical (unpaired) electrons. The summed E-state index contributed by atoms with van der Waals surface area (Å²) in [6.45, 7) is 1.65. The largest absolute Gasteiger partial charge is 0.369 e. The molecule has 0 spiro atoms. The quantitative estimate of drug-likeness (QED) is 0.559. The monoisotopic (exact) mass is 520 g/mol. The van der Waals surface area contributed by atoms with Gasteiger partial charge in [0.2, 0.25) is 10.0 Å². The van der Waals surface area contributed by atoms with E-state index in [2.05, 4.69) is 15.3 Å². The number of sulfonamides is 1. The maximum absolute atomic E-state index is 13.1. The van der Waals surface area contributed by atoms with E-state index in [1.807, 2.05) is 0 Å². The summed E-state index contributed by atoms with van der Waals surface area (Å²) >= 11 is 12.1. The third-order valence-corrected chi connectivity index (χ3v) is 10.7. The summed E-state index contributed by atoms with van der Waals surface area (Å²) in [6.07, 6.45) is 10.5. The van der Waals surface area contributed by atoms with Crippen LogP contribution in [0, 0.1) is 23.2 Å². The zero-order chi connectivity index (χ0) is 23.5. The fourth-order valence-corrected chi connectivity index (χ4v) is 9.52. The molecule has 34 heavy (non-hydrogen) atoms. The number of hydrogen-bond donors (Lipinski definition) is 1. The fraction of sp³-hybridized carbons (Fsp3) is 0.600. The van der Waals surface area contributed by atoms with Gasteiger partial charge in [-0.3, -0.25) is 0 Å². The number of nitrogens with one attached hydrogen (secondary N) is 1. The maximum atomic E-state index is 13.1. The first-order chi connectivity index (χ1) is 16.3. The standard InChI is InChI=1S/C25H30Cl2N4O2S/c26-20-6-19(7-21(27)8-20)13-34(32,33)31-2-1-22-23(12-31)29-15-30-24(22)28-14-25-9-16-3-17(10-25)5-18(4-16)11-25/h6-8,15-18H,1-5,9-14H2,(H,28,29,30). The number of halogens is 2. The number of aromatic nitrogens is 2. The second-order valence-corrected chi connectivity index (χ2v) is 13.9. The van der Waals surface area contributed by atoms with Crippen molar-refractivity contribution in [2.75, 3.05) is 18.4 Å². The van der Waals surface area contributed by atoms with Crippen LogP contribution in [0.5, 0.6) is 0 Å². The Kier molecular flexibility index (Phi) is 5.83. The minimum Gasteiger partial charge on any atom is -0.369 e. The molecule has 4 saturated carbocycles. The molecule has 0 saturated heterocycles. The molecule has 9 heteroatoms. The van der Waals surface area contributed by atoms with E-state index in [4.69, 9.17) is 23.2 Å². The van der Waals surface area contributed by atoms with Crippen LogP contribution >= 0.6 is 23.2 Å². The van der Waals surface area contributed by atoms with Crippen LogP contribution < -0.4 is 5.32 Å². The Balaban J connectivity index is 1.16. The summed E-state index contributed by atoms with van der Waals surface area (Å²) in [6, 6.07) is 4.90. The zero-order valence-electron chi connectivity index (χ0n) is 19.1. The molecule has 6 nitrogen and oxygen atoms in total. The molecule has 7 rings (SSSR count). The molecule has 1 aliphatic heterocycles. The van der Waals surface area contributed by atoms with Crippen LogP contribution in [0.2, 0.25) is 10.0 Å². The predicted molar refractivity (Wildman–Crippen MR) is 134 cm³/mol. The number of anilines is 1. The lowest BCUT2D eigenvalue weighted by atomic mass is 9.49. The average molecular weight is 522 g/mol. The summed E-state index contributed by atoms with van der Waals surface area (Å²) < 4.78 is 27.8. The van der Waals surface area contributed by atoms with Gasteiger partial charge in [0.05, 0.1) is 18.0 Å². The van der Waals surface area contributed by atoms with Gasteiger partial charge in [0.25, 0.3) is 0 Å². The van der Waals surface area contributed by atoms with E-state index in [1.54, 1.807) is 24.5 Å². The van der Waals surface area contributed by atoms with Crippen molar-refractivity contribution < 1.29 is 8.42 Å². The molecular formula is C25H30Cl2N4O2S. The molecule has 4 aliphatic carbocycles. The van der Waals surface area contributed by atoms with Crippen molar-refractivity contribution >= 4 is 39.0 Å². The molecule has 0 atom stereocenters. The van der Waals surface area contributed by atoms with Gasteiger partial charge in [-0.1, -0.05) is 23.2 Å². The lowest BCUT2D eigenvalue weighted by molar-refractivity contribution is -0.0444. The van der Waals surface area contributed by atoms with E-state index in [9.17, 15) is 8.42 Å². The van der Waals surface area contributed by atoms with Gasteiger partial charge in [0.15, 0.2) is 0 Å². The molecule has 4 fully saturated rings. The third-order valence-electron chi connectivity index (χ3n) is 8.43. The molecule has 0 unspecified atom stereocenters. The maximum Gasteiger partial charge on any atom is 0.218 e. The van der Waals surface area contributed by atoms with Gasteiger partial charge in [0.1, 0.15) is 12.1 Å². The second-order valence-electron chi connectivity index (χ2n) is 11.0. The Morgan fingerprint density at radius 2 is 1.65 bits per heavy atom. The highest BCUT2D eigenvalue weighted by Gasteiger charge is 2.50. The van der Waals surface area contributed by atoms with Crippen LogP contribution in [0.1, 0.15) is 55.3 Å². The van der Waals surface area contributed by atoms with E-state index in [-0.39, 0.29) is 12.3 Å². The first kappa shape index (κ1) is 23.0. The summed E-state index contributed by atoms with van der Waals surface area (Å²) in [5.41, 5.74) is 2.85. The first-order valence-electron chi connectivity index (χ1n) is 12.3. The van der Waals surface area contributed by atoms with Gasteiger partial charge in [-0.25, -0.2) is 18.4 Å². The minimum absolute atomic E-state index is 0.134. The number of benzene rings is 1. The van der Waals surface area contributed by atoms with Crippen LogP contribution in [0.25, 0.3) is 0 Å². The van der Waals surface area contributed by atoms with Crippen molar-refractivity contribution in [3.8, 4) is 0 Å². The highest BCUT2D eigenvalue weighted by molar-refractivity contribution is 7.88.